The number of hydrogen-bond acceptors (Lipinski definition) is 0. The van der Waals surface area contributed by atoms with Gasteiger partial charge in [0, 0.05) is 0 Å². The number of rotatable bonds is 0. The third-order valence-corrected chi connectivity index (χ3v) is 6.41. The summed E-state index contributed by atoms with van der Waals surface area (Å²) < 4.78 is 0. The molecule has 0 heterocycles. The highest BCUT2D eigenvalue weighted by Gasteiger charge is 2.96. The molecular weight excluding hydrogens is 132 g/mol. The smallest absolute Gasteiger partial charge is 0.0175 e. The average molecular weight is 146 g/mol. The van der Waals surface area contributed by atoms with Gasteiger partial charge in [0.25, 0.3) is 0 Å². The van der Waals surface area contributed by atoms with Crippen molar-refractivity contribution in [2.75, 3.05) is 0 Å². The molecule has 0 aromatic carbocycles. The zero-order valence-corrected chi connectivity index (χ0v) is 6.84. The van der Waals surface area contributed by atoms with Gasteiger partial charge in [-0.1, -0.05) is 6.42 Å². The zero-order valence-electron chi connectivity index (χ0n) is 6.84. The fourth-order valence-electron chi connectivity index (χ4n) is 6.24. The van der Waals surface area contributed by atoms with E-state index in [0.717, 1.165) is 10.8 Å². The second-order valence-electron chi connectivity index (χ2n) is 5.91. The molecule has 0 N–H and O–H groups in total. The van der Waals surface area contributed by atoms with Crippen LogP contribution < -0.4 is 0 Å². The first-order valence-corrected chi connectivity index (χ1v) is 5.40. The van der Waals surface area contributed by atoms with E-state index in [1.54, 1.807) is 32.1 Å². The van der Waals surface area contributed by atoms with Gasteiger partial charge in [-0.2, -0.15) is 0 Å². The Morgan fingerprint density at radius 3 is 2.64 bits per heavy atom. The molecule has 6 rings (SSSR count). The van der Waals surface area contributed by atoms with Gasteiger partial charge in [-0.15, -0.1) is 0 Å². The van der Waals surface area contributed by atoms with E-state index in [-0.39, 0.29) is 0 Å². The third-order valence-electron chi connectivity index (χ3n) is 6.41. The fourth-order valence-corrected chi connectivity index (χ4v) is 6.24. The predicted molar refractivity (Wildman–Crippen MR) is 41.9 cm³/mol. The summed E-state index contributed by atoms with van der Waals surface area (Å²) in [5.41, 5.74) is 2.05. The minimum Gasteiger partial charge on any atom is -0.0525 e. The highest BCUT2D eigenvalue weighted by molar-refractivity contribution is 5.44. The Labute approximate surface area is 67.4 Å². The second kappa shape index (κ2) is 0.963. The Bertz CT molecular complexity index is 270. The molecule has 0 aromatic heterocycles. The molecule has 0 amide bonds. The van der Waals surface area contributed by atoms with Gasteiger partial charge in [0.2, 0.25) is 0 Å². The number of fused-ring (bicyclic) bond motifs is 1. The minimum absolute atomic E-state index is 1.02. The number of hydrogen-bond donors (Lipinski definition) is 0. The fraction of sp³-hybridized carbons (Fsp3) is 1.00. The molecule has 0 aliphatic heterocycles. The van der Waals surface area contributed by atoms with Crippen LogP contribution in [0.1, 0.15) is 32.1 Å². The molecule has 2 spiro atoms. The van der Waals surface area contributed by atoms with Crippen molar-refractivity contribution < 1.29 is 0 Å². The van der Waals surface area contributed by atoms with Crippen molar-refractivity contribution >= 4 is 0 Å². The Balaban J connectivity index is 1.79. The van der Waals surface area contributed by atoms with E-state index < -0.39 is 0 Å². The van der Waals surface area contributed by atoms with E-state index in [9.17, 15) is 0 Å². The van der Waals surface area contributed by atoms with E-state index >= 15 is 0 Å². The summed E-state index contributed by atoms with van der Waals surface area (Å²) >= 11 is 0. The summed E-state index contributed by atoms with van der Waals surface area (Å²) in [6.07, 6.45) is 8.20. The van der Waals surface area contributed by atoms with Crippen LogP contribution in [0.2, 0.25) is 0 Å². The molecule has 0 aromatic rings. The molecule has 6 saturated carbocycles. The summed E-state index contributed by atoms with van der Waals surface area (Å²) in [4.78, 5) is 0. The molecule has 6 fully saturated rings. The lowest BCUT2D eigenvalue weighted by Gasteiger charge is -2.84. The first kappa shape index (κ1) is 4.89. The molecule has 4 atom stereocenters. The van der Waals surface area contributed by atoms with Gasteiger partial charge in [-0.05, 0) is 60.2 Å². The Hall–Kier alpha value is 0. The van der Waals surface area contributed by atoms with Crippen LogP contribution in [0.25, 0.3) is 0 Å². The van der Waals surface area contributed by atoms with Gasteiger partial charge < -0.3 is 0 Å². The molecule has 0 saturated heterocycles. The molecule has 0 nitrogen and oxygen atoms in total. The quantitative estimate of drug-likeness (QED) is 0.492. The van der Waals surface area contributed by atoms with Crippen LogP contribution in [0.15, 0.2) is 0 Å². The van der Waals surface area contributed by atoms with Gasteiger partial charge in [0.15, 0.2) is 0 Å². The SMILES string of the molecule is C1CC2C3C2C2(C1)C1CC32C1. The maximum atomic E-state index is 1.67. The van der Waals surface area contributed by atoms with Crippen LogP contribution in [0.3, 0.4) is 0 Å². The van der Waals surface area contributed by atoms with Gasteiger partial charge in [0.1, 0.15) is 0 Å². The Morgan fingerprint density at radius 1 is 1.09 bits per heavy atom. The van der Waals surface area contributed by atoms with Gasteiger partial charge >= 0.3 is 0 Å². The first-order valence-electron chi connectivity index (χ1n) is 5.40. The Morgan fingerprint density at radius 2 is 2.00 bits per heavy atom. The molecule has 0 radical (unpaired) electrons. The van der Waals surface area contributed by atoms with Gasteiger partial charge in [0.05, 0.1) is 0 Å². The monoisotopic (exact) mass is 146 g/mol. The lowest BCUT2D eigenvalue weighted by molar-refractivity contribution is -0.361. The van der Waals surface area contributed by atoms with Crippen molar-refractivity contribution in [3.8, 4) is 0 Å². The van der Waals surface area contributed by atoms with E-state index in [2.05, 4.69) is 0 Å². The Kier molecular flexibility index (Phi) is 0.428. The highest BCUT2D eigenvalue weighted by Crippen LogP contribution is 3.02. The van der Waals surface area contributed by atoms with Crippen molar-refractivity contribution in [2.45, 2.75) is 32.1 Å². The minimum atomic E-state index is 1.02. The topological polar surface area (TPSA) is 0 Å². The molecule has 0 heteroatoms. The van der Waals surface area contributed by atoms with Crippen LogP contribution in [-0.4, -0.2) is 0 Å². The summed E-state index contributed by atoms with van der Waals surface area (Å²) in [5, 5.41) is 0. The summed E-state index contributed by atoms with van der Waals surface area (Å²) in [7, 11) is 0. The molecule has 4 unspecified atom stereocenters. The zero-order chi connectivity index (χ0) is 6.84. The van der Waals surface area contributed by atoms with Crippen molar-refractivity contribution in [2.24, 2.45) is 34.5 Å². The van der Waals surface area contributed by atoms with Crippen LogP contribution in [0.5, 0.6) is 0 Å². The van der Waals surface area contributed by atoms with Crippen LogP contribution >= 0.6 is 0 Å². The lowest BCUT2D eigenvalue weighted by Crippen LogP contribution is -2.78. The maximum absolute atomic E-state index is 1.67. The van der Waals surface area contributed by atoms with Crippen LogP contribution in [0, 0.1) is 34.5 Å². The van der Waals surface area contributed by atoms with Gasteiger partial charge in [-0.25, -0.2) is 0 Å². The largest absolute Gasteiger partial charge is 0.0525 e. The molecule has 11 heavy (non-hydrogen) atoms. The van der Waals surface area contributed by atoms with E-state index in [4.69, 9.17) is 0 Å². The molecule has 6 aliphatic rings. The second-order valence-corrected chi connectivity index (χ2v) is 5.91. The molecular formula is C11H14. The third kappa shape index (κ3) is 0.219. The average Bonchev–Trinajstić information content (AvgIpc) is 2.60. The van der Waals surface area contributed by atoms with E-state index in [1.807, 2.05) is 0 Å². The van der Waals surface area contributed by atoms with Crippen molar-refractivity contribution in [3.05, 3.63) is 0 Å². The summed E-state index contributed by atoms with van der Waals surface area (Å²) in [5.74, 6) is 5.09. The van der Waals surface area contributed by atoms with Crippen LogP contribution in [-0.2, 0) is 0 Å². The van der Waals surface area contributed by atoms with Crippen molar-refractivity contribution in [1.82, 2.24) is 0 Å². The van der Waals surface area contributed by atoms with E-state index in [1.165, 1.54) is 23.7 Å². The summed E-state index contributed by atoms with van der Waals surface area (Å²) in [6, 6.07) is 0. The molecule has 2 bridgehead atoms. The summed E-state index contributed by atoms with van der Waals surface area (Å²) in [6.45, 7) is 0. The predicted octanol–water partition coefficient (Wildman–Crippen LogP) is 2.44. The first-order chi connectivity index (χ1) is 5.40. The van der Waals surface area contributed by atoms with Crippen molar-refractivity contribution in [1.29, 1.82) is 0 Å². The highest BCUT2D eigenvalue weighted by atomic mass is 15.0. The van der Waals surface area contributed by atoms with Gasteiger partial charge in [-0.3, -0.25) is 0 Å². The molecule has 58 valence electrons. The standard InChI is InChI=1S/C11H14/c1-2-7-8-9(7)11(3-1)6-4-10(8,11)5-6/h6-9H,1-5H2. The van der Waals surface area contributed by atoms with Crippen molar-refractivity contribution in [3.63, 3.8) is 0 Å². The van der Waals surface area contributed by atoms with Crippen LogP contribution in [0.4, 0.5) is 0 Å². The maximum Gasteiger partial charge on any atom is -0.0175 e. The normalized spacial score (nSPS) is 85.1. The van der Waals surface area contributed by atoms with E-state index in [0.29, 0.717) is 0 Å². The lowest BCUT2D eigenvalue weighted by atomic mass is 9.20. The molecule has 6 aliphatic carbocycles.